The van der Waals surface area contributed by atoms with Gasteiger partial charge in [-0.2, -0.15) is 16.3 Å². The van der Waals surface area contributed by atoms with E-state index in [1.807, 2.05) is 41.2 Å². The highest BCUT2D eigenvalue weighted by Gasteiger charge is 2.09. The van der Waals surface area contributed by atoms with Gasteiger partial charge in [0.2, 0.25) is 5.95 Å². The molecule has 2 N–H and O–H groups in total. The predicted octanol–water partition coefficient (Wildman–Crippen LogP) is 1.94. The molecule has 3 rings (SSSR count). The average molecular weight is 260 g/mol. The lowest BCUT2D eigenvalue weighted by atomic mass is 10.2. The second-order valence-corrected chi connectivity index (χ2v) is 4.67. The fourth-order valence-corrected chi connectivity index (χ4v) is 2.38. The Hall–Kier alpha value is -1.92. The van der Waals surface area contributed by atoms with Crippen molar-refractivity contribution < 1.29 is 5.11 Å². The lowest BCUT2D eigenvalue weighted by Crippen LogP contribution is -2.12. The monoisotopic (exact) mass is 260 g/mol. The number of nitrogens with one attached hydrogen (secondary N) is 1. The van der Waals surface area contributed by atoms with Crippen molar-refractivity contribution in [1.29, 1.82) is 0 Å². The Morgan fingerprint density at radius 3 is 3.11 bits per heavy atom. The quantitative estimate of drug-likeness (QED) is 0.752. The molecule has 0 aliphatic carbocycles. The van der Waals surface area contributed by atoms with Crippen LogP contribution < -0.4 is 5.32 Å². The Morgan fingerprint density at radius 2 is 2.33 bits per heavy atom. The van der Waals surface area contributed by atoms with E-state index in [9.17, 15) is 5.11 Å². The molecule has 3 aromatic rings. The van der Waals surface area contributed by atoms with Crippen LogP contribution in [0.2, 0.25) is 0 Å². The number of rotatable bonds is 4. The maximum Gasteiger partial charge on any atom is 0.243 e. The Balaban J connectivity index is 1.69. The van der Waals surface area contributed by atoms with Crippen molar-refractivity contribution in [2.45, 2.75) is 6.10 Å². The van der Waals surface area contributed by atoms with Crippen LogP contribution in [0.1, 0.15) is 11.7 Å². The van der Waals surface area contributed by atoms with Crippen molar-refractivity contribution in [3.63, 3.8) is 0 Å². The van der Waals surface area contributed by atoms with Gasteiger partial charge < -0.3 is 10.4 Å². The molecule has 0 aliphatic rings. The van der Waals surface area contributed by atoms with Crippen LogP contribution in [0.5, 0.6) is 0 Å². The second kappa shape index (κ2) is 4.75. The van der Waals surface area contributed by atoms with Crippen molar-refractivity contribution in [2.24, 2.45) is 0 Å². The number of thiophene rings is 1. The molecule has 0 bridgehead atoms. The van der Waals surface area contributed by atoms with Crippen LogP contribution in [0.4, 0.5) is 5.95 Å². The number of anilines is 1. The SMILES string of the molecule is OC(CNc1nc2ccccn2n1)c1ccsc1. The van der Waals surface area contributed by atoms with Crippen molar-refractivity contribution in [2.75, 3.05) is 11.9 Å². The summed E-state index contributed by atoms with van der Waals surface area (Å²) in [4.78, 5) is 4.30. The molecule has 1 unspecified atom stereocenters. The Morgan fingerprint density at radius 1 is 1.39 bits per heavy atom. The number of pyridine rings is 1. The van der Waals surface area contributed by atoms with E-state index in [0.717, 1.165) is 11.2 Å². The third-order valence-electron chi connectivity index (χ3n) is 2.62. The largest absolute Gasteiger partial charge is 0.387 e. The minimum Gasteiger partial charge on any atom is -0.387 e. The van der Waals surface area contributed by atoms with Gasteiger partial charge in [0.05, 0.1) is 6.10 Å². The smallest absolute Gasteiger partial charge is 0.243 e. The Labute approximate surface area is 108 Å². The fraction of sp³-hybridized carbons (Fsp3) is 0.167. The molecule has 6 heteroatoms. The van der Waals surface area contributed by atoms with Gasteiger partial charge in [0.1, 0.15) is 0 Å². The molecule has 92 valence electrons. The summed E-state index contributed by atoms with van der Waals surface area (Å²) in [5, 5.41) is 21.1. The molecule has 0 saturated carbocycles. The maximum atomic E-state index is 9.93. The molecule has 0 aliphatic heterocycles. The molecule has 3 aromatic heterocycles. The maximum absolute atomic E-state index is 9.93. The first-order valence-corrected chi connectivity index (χ1v) is 6.52. The van der Waals surface area contributed by atoms with Gasteiger partial charge in [-0.3, -0.25) is 0 Å². The van der Waals surface area contributed by atoms with Crippen molar-refractivity contribution >= 4 is 22.9 Å². The molecule has 0 fully saturated rings. The van der Waals surface area contributed by atoms with Crippen LogP contribution in [-0.4, -0.2) is 26.2 Å². The van der Waals surface area contributed by atoms with Gasteiger partial charge >= 0.3 is 0 Å². The van der Waals surface area contributed by atoms with Crippen molar-refractivity contribution in [1.82, 2.24) is 14.6 Å². The van der Waals surface area contributed by atoms with Crippen molar-refractivity contribution in [3.05, 3.63) is 46.8 Å². The molecule has 5 nitrogen and oxygen atoms in total. The van der Waals surface area contributed by atoms with Crippen LogP contribution in [-0.2, 0) is 0 Å². The standard InChI is InChI=1S/C12H12N4OS/c17-10(9-4-6-18-8-9)7-13-12-14-11-3-1-2-5-16(11)15-12/h1-6,8,10,17H,7H2,(H,13,15). The average Bonchev–Trinajstić information content (AvgIpc) is 3.04. The molecule has 0 amide bonds. The van der Waals surface area contributed by atoms with E-state index in [-0.39, 0.29) is 0 Å². The zero-order valence-corrected chi connectivity index (χ0v) is 10.3. The Bertz CT molecular complexity index is 601. The number of hydrogen-bond acceptors (Lipinski definition) is 5. The zero-order valence-electron chi connectivity index (χ0n) is 9.52. The van der Waals surface area contributed by atoms with Crippen molar-refractivity contribution in [3.8, 4) is 0 Å². The first-order valence-electron chi connectivity index (χ1n) is 5.58. The summed E-state index contributed by atoms with van der Waals surface area (Å²) >= 11 is 1.57. The second-order valence-electron chi connectivity index (χ2n) is 3.89. The lowest BCUT2D eigenvalue weighted by molar-refractivity contribution is 0.192. The molecule has 3 heterocycles. The van der Waals surface area contributed by atoms with Crippen LogP contribution >= 0.6 is 11.3 Å². The van der Waals surface area contributed by atoms with Gasteiger partial charge in [-0.15, -0.1) is 5.10 Å². The van der Waals surface area contributed by atoms with Crippen LogP contribution in [0, 0.1) is 0 Å². The first-order chi connectivity index (χ1) is 8.83. The third kappa shape index (κ3) is 2.20. The van der Waals surface area contributed by atoms with E-state index in [1.165, 1.54) is 0 Å². The fourth-order valence-electron chi connectivity index (χ4n) is 1.68. The summed E-state index contributed by atoms with van der Waals surface area (Å²) in [5.74, 6) is 0.524. The number of aliphatic hydroxyl groups is 1. The summed E-state index contributed by atoms with van der Waals surface area (Å²) in [5.41, 5.74) is 1.70. The molecule has 0 aromatic carbocycles. The lowest BCUT2D eigenvalue weighted by Gasteiger charge is -2.08. The minimum absolute atomic E-state index is 0.396. The Kier molecular flexibility index (Phi) is 2.95. The first kappa shape index (κ1) is 11.2. The molecular weight excluding hydrogens is 248 g/mol. The minimum atomic E-state index is -0.539. The molecule has 0 saturated heterocycles. The van der Waals surface area contributed by atoms with Gasteiger partial charge in [0.15, 0.2) is 5.65 Å². The van der Waals surface area contributed by atoms with Crippen LogP contribution in [0.15, 0.2) is 41.2 Å². The van der Waals surface area contributed by atoms with E-state index in [1.54, 1.807) is 15.9 Å². The summed E-state index contributed by atoms with van der Waals surface area (Å²) < 4.78 is 1.69. The number of fused-ring (bicyclic) bond motifs is 1. The summed E-state index contributed by atoms with van der Waals surface area (Å²) in [6.07, 6.45) is 1.30. The van der Waals surface area contributed by atoms with Gasteiger partial charge in [0, 0.05) is 12.7 Å². The van der Waals surface area contributed by atoms with E-state index in [4.69, 9.17) is 0 Å². The molecule has 0 spiro atoms. The van der Waals surface area contributed by atoms with Gasteiger partial charge in [0.25, 0.3) is 0 Å². The van der Waals surface area contributed by atoms with Gasteiger partial charge in [-0.05, 0) is 34.5 Å². The van der Waals surface area contributed by atoms with Gasteiger partial charge in [-0.25, -0.2) is 4.52 Å². The number of aliphatic hydroxyl groups excluding tert-OH is 1. The van der Waals surface area contributed by atoms with Crippen LogP contribution in [0.3, 0.4) is 0 Å². The van der Waals surface area contributed by atoms with E-state index in [0.29, 0.717) is 12.5 Å². The van der Waals surface area contributed by atoms with E-state index < -0.39 is 6.10 Å². The molecule has 0 radical (unpaired) electrons. The van der Waals surface area contributed by atoms with Crippen LogP contribution in [0.25, 0.3) is 5.65 Å². The zero-order chi connectivity index (χ0) is 12.4. The molecule has 18 heavy (non-hydrogen) atoms. The number of nitrogens with zero attached hydrogens (tertiary/aromatic N) is 3. The predicted molar refractivity (Wildman–Crippen MR) is 70.8 cm³/mol. The van der Waals surface area contributed by atoms with E-state index >= 15 is 0 Å². The van der Waals surface area contributed by atoms with Gasteiger partial charge in [-0.1, -0.05) is 6.07 Å². The molecular formula is C12H12N4OS. The summed E-state index contributed by atoms with van der Waals surface area (Å²) in [6, 6.07) is 7.60. The molecule has 1 atom stereocenters. The third-order valence-corrected chi connectivity index (χ3v) is 3.32. The summed E-state index contributed by atoms with van der Waals surface area (Å²) in [6.45, 7) is 0.396. The highest BCUT2D eigenvalue weighted by atomic mass is 32.1. The number of aromatic nitrogens is 3. The highest BCUT2D eigenvalue weighted by Crippen LogP contribution is 2.16. The highest BCUT2D eigenvalue weighted by molar-refractivity contribution is 7.07. The normalized spacial score (nSPS) is 12.7. The summed E-state index contributed by atoms with van der Waals surface area (Å²) in [7, 11) is 0. The topological polar surface area (TPSA) is 62.5 Å². The number of hydrogen-bond donors (Lipinski definition) is 2. The van der Waals surface area contributed by atoms with E-state index in [2.05, 4.69) is 15.4 Å².